The Morgan fingerprint density at radius 3 is 1.00 bits per heavy atom. The van der Waals surface area contributed by atoms with Gasteiger partial charge in [-0.1, -0.05) is 0 Å². The SMILES string of the molecule is CN1C2C3N(C)C4C(N3C)N(N=O)C(C1N4N=O)N2C. The maximum Gasteiger partial charge on any atom is 0.141 e. The van der Waals surface area contributed by atoms with Crippen molar-refractivity contribution < 1.29 is 0 Å². The topological polar surface area (TPSA) is 78.3 Å². The largest absolute Gasteiger partial charge is 0.264 e. The molecule has 0 amide bonds. The molecule has 4 unspecified atom stereocenters. The van der Waals surface area contributed by atoms with Crippen LogP contribution in [0.5, 0.6) is 0 Å². The van der Waals surface area contributed by atoms with Gasteiger partial charge in [0.05, 0.1) is 22.9 Å². The Morgan fingerprint density at radius 1 is 0.550 bits per heavy atom. The van der Waals surface area contributed by atoms with Crippen LogP contribution < -0.4 is 0 Å². The molecule has 5 aliphatic rings. The summed E-state index contributed by atoms with van der Waals surface area (Å²) in [5.74, 6) is 0. The zero-order valence-electron chi connectivity index (χ0n) is 11.9. The van der Waals surface area contributed by atoms with Gasteiger partial charge < -0.3 is 0 Å². The first kappa shape index (κ1) is 12.4. The molecule has 0 saturated carbocycles. The van der Waals surface area contributed by atoms with E-state index in [1.807, 2.05) is 28.2 Å². The number of rotatable bonds is 2. The first-order valence-corrected chi connectivity index (χ1v) is 6.65. The molecule has 110 valence electrons. The maximum atomic E-state index is 11.4. The fourth-order valence-electron chi connectivity index (χ4n) is 4.68. The Balaban J connectivity index is 1.96. The van der Waals surface area contributed by atoms with Gasteiger partial charge in [0.15, 0.2) is 0 Å². The van der Waals surface area contributed by atoms with Gasteiger partial charge in [0.2, 0.25) is 0 Å². The molecular weight excluding hydrogens is 264 g/mol. The van der Waals surface area contributed by atoms with Gasteiger partial charge in [0.25, 0.3) is 0 Å². The highest BCUT2D eigenvalue weighted by molar-refractivity contribution is 5.14. The summed E-state index contributed by atoms with van der Waals surface area (Å²) in [6, 6.07) is 0. The van der Waals surface area contributed by atoms with Crippen molar-refractivity contribution in [2.45, 2.75) is 37.0 Å². The summed E-state index contributed by atoms with van der Waals surface area (Å²) in [5, 5.41) is 9.68. The molecule has 5 saturated heterocycles. The van der Waals surface area contributed by atoms with E-state index in [-0.39, 0.29) is 37.0 Å². The zero-order chi connectivity index (χ0) is 14.3. The van der Waals surface area contributed by atoms with Crippen LogP contribution in [0.1, 0.15) is 0 Å². The second-order valence-electron chi connectivity index (χ2n) is 6.07. The van der Waals surface area contributed by atoms with Crippen molar-refractivity contribution in [3.63, 3.8) is 0 Å². The monoisotopic (exact) mass is 282 g/mol. The molecule has 0 aromatic heterocycles. The number of piperazine rings is 1. The van der Waals surface area contributed by atoms with Crippen LogP contribution in [-0.2, 0) is 0 Å². The summed E-state index contributed by atoms with van der Waals surface area (Å²) in [6.07, 6.45) is -0.813. The molecule has 10 nitrogen and oxygen atoms in total. The Hall–Kier alpha value is -1.36. The van der Waals surface area contributed by atoms with Gasteiger partial charge in [-0.2, -0.15) is 0 Å². The zero-order valence-corrected chi connectivity index (χ0v) is 11.9. The summed E-state index contributed by atoms with van der Waals surface area (Å²) >= 11 is 0. The van der Waals surface area contributed by atoms with Crippen LogP contribution in [0.3, 0.4) is 0 Å². The second-order valence-corrected chi connectivity index (χ2v) is 6.07. The number of nitrogens with zero attached hydrogens (tertiary/aromatic N) is 8. The van der Waals surface area contributed by atoms with E-state index in [0.29, 0.717) is 0 Å². The lowest BCUT2D eigenvalue weighted by atomic mass is 10.2. The molecule has 6 bridgehead atoms. The lowest BCUT2D eigenvalue weighted by Crippen LogP contribution is -2.70. The lowest BCUT2D eigenvalue weighted by molar-refractivity contribution is -0.146. The second kappa shape index (κ2) is 3.64. The minimum Gasteiger partial charge on any atom is -0.264 e. The van der Waals surface area contributed by atoms with Gasteiger partial charge in [-0.15, -0.1) is 9.81 Å². The van der Waals surface area contributed by atoms with Gasteiger partial charge in [0.1, 0.15) is 24.7 Å². The predicted octanol–water partition coefficient (Wildman–Crippen LogP) is -1.31. The van der Waals surface area contributed by atoms with E-state index in [9.17, 15) is 9.81 Å². The average molecular weight is 282 g/mol. The first-order chi connectivity index (χ1) is 9.54. The highest BCUT2D eigenvalue weighted by Crippen LogP contribution is 2.49. The highest BCUT2D eigenvalue weighted by atomic mass is 16.3. The minimum absolute atomic E-state index is 0.0889. The smallest absolute Gasteiger partial charge is 0.141 e. The standard InChI is InChI=1S/C10H18N8O2/c1-13-5-6-15(3)9-10(16(6)4)18(12-20)8(14(5)2)7(13)17(9)11-19/h5-10H,1-4H3. The summed E-state index contributed by atoms with van der Waals surface area (Å²) in [4.78, 5) is 31.3. The third kappa shape index (κ3) is 1.04. The molecule has 4 atom stereocenters. The van der Waals surface area contributed by atoms with Crippen molar-refractivity contribution in [3.05, 3.63) is 9.81 Å². The highest BCUT2D eigenvalue weighted by Gasteiger charge is 2.70. The number of nitroso groups, excluding NO2 is 2. The molecule has 0 N–H and O–H groups in total. The van der Waals surface area contributed by atoms with Gasteiger partial charge in [0, 0.05) is 0 Å². The molecule has 20 heavy (non-hydrogen) atoms. The van der Waals surface area contributed by atoms with Crippen LogP contribution in [0.4, 0.5) is 0 Å². The summed E-state index contributed by atoms with van der Waals surface area (Å²) < 4.78 is 0. The first-order valence-electron chi connectivity index (χ1n) is 6.65. The van der Waals surface area contributed by atoms with Crippen molar-refractivity contribution >= 4 is 0 Å². The third-order valence-electron chi connectivity index (χ3n) is 5.41. The molecule has 0 spiro atoms. The molecule has 0 aliphatic carbocycles. The molecule has 5 aliphatic heterocycles. The van der Waals surface area contributed by atoms with Crippen molar-refractivity contribution in [3.8, 4) is 0 Å². The Kier molecular flexibility index (Phi) is 2.25. The Labute approximate surface area is 116 Å². The molecular formula is C10H18N8O2. The quantitative estimate of drug-likeness (QED) is 0.578. The predicted molar refractivity (Wildman–Crippen MR) is 69.0 cm³/mol. The lowest BCUT2D eigenvalue weighted by Gasteiger charge is -2.49. The fraction of sp³-hybridized carbons (Fsp3) is 1.00. The third-order valence-corrected chi connectivity index (χ3v) is 5.41. The van der Waals surface area contributed by atoms with Gasteiger partial charge >= 0.3 is 0 Å². The number of hydrogen-bond donors (Lipinski definition) is 0. The molecule has 0 radical (unpaired) electrons. The average Bonchev–Trinajstić information content (AvgIpc) is 2.77. The van der Waals surface area contributed by atoms with Crippen molar-refractivity contribution in [1.29, 1.82) is 0 Å². The van der Waals surface area contributed by atoms with Crippen LogP contribution in [0.15, 0.2) is 10.6 Å². The van der Waals surface area contributed by atoms with E-state index < -0.39 is 0 Å². The van der Waals surface area contributed by atoms with Crippen molar-refractivity contribution in [1.82, 2.24) is 29.6 Å². The van der Waals surface area contributed by atoms with E-state index >= 15 is 0 Å². The van der Waals surface area contributed by atoms with Crippen LogP contribution in [0.2, 0.25) is 0 Å². The number of hydrogen-bond acceptors (Lipinski definition) is 8. The molecule has 0 aromatic carbocycles. The van der Waals surface area contributed by atoms with Crippen LogP contribution in [-0.4, -0.2) is 94.8 Å². The molecule has 5 rings (SSSR count). The fourth-order valence-corrected chi connectivity index (χ4v) is 4.68. The molecule has 10 heteroatoms. The Morgan fingerprint density at radius 2 is 0.800 bits per heavy atom. The molecule has 5 fully saturated rings. The van der Waals surface area contributed by atoms with Gasteiger partial charge in [-0.3, -0.25) is 19.6 Å². The van der Waals surface area contributed by atoms with E-state index in [0.717, 1.165) is 0 Å². The summed E-state index contributed by atoms with van der Waals surface area (Å²) in [5.41, 5.74) is 0. The Bertz CT molecular complexity index is 402. The van der Waals surface area contributed by atoms with E-state index in [1.54, 1.807) is 10.0 Å². The van der Waals surface area contributed by atoms with Gasteiger partial charge in [-0.25, -0.2) is 10.0 Å². The van der Waals surface area contributed by atoms with Crippen LogP contribution in [0.25, 0.3) is 0 Å². The van der Waals surface area contributed by atoms with E-state index in [1.165, 1.54) is 0 Å². The van der Waals surface area contributed by atoms with Crippen LogP contribution >= 0.6 is 0 Å². The maximum absolute atomic E-state index is 11.4. The van der Waals surface area contributed by atoms with Crippen molar-refractivity contribution in [2.24, 2.45) is 10.6 Å². The minimum atomic E-state index is -0.248. The van der Waals surface area contributed by atoms with Gasteiger partial charge in [-0.05, 0) is 28.2 Å². The van der Waals surface area contributed by atoms with Crippen molar-refractivity contribution in [2.75, 3.05) is 28.2 Å². The summed E-state index contributed by atoms with van der Waals surface area (Å²) in [7, 11) is 7.87. The summed E-state index contributed by atoms with van der Waals surface area (Å²) in [6.45, 7) is 0. The normalized spacial score (nSPS) is 48.4. The van der Waals surface area contributed by atoms with E-state index in [2.05, 4.69) is 30.2 Å². The molecule has 5 heterocycles. The van der Waals surface area contributed by atoms with Crippen LogP contribution in [0, 0.1) is 9.81 Å². The molecule has 0 aromatic rings. The number of likely N-dealkylation sites (N-methyl/N-ethyl adjacent to an activating group) is 4. The van der Waals surface area contributed by atoms with E-state index in [4.69, 9.17) is 0 Å².